The van der Waals surface area contributed by atoms with Crippen molar-refractivity contribution in [1.29, 1.82) is 0 Å². The quantitative estimate of drug-likeness (QED) is 0.357. The van der Waals surface area contributed by atoms with Gasteiger partial charge in [0.25, 0.3) is 5.91 Å². The summed E-state index contributed by atoms with van der Waals surface area (Å²) < 4.78 is 12.1. The molecule has 162 valence electrons. The van der Waals surface area contributed by atoms with Gasteiger partial charge in [-0.25, -0.2) is 4.98 Å². The van der Waals surface area contributed by atoms with E-state index in [4.69, 9.17) is 9.47 Å². The molecule has 4 aromatic rings. The lowest BCUT2D eigenvalue weighted by Crippen LogP contribution is -2.30. The Labute approximate surface area is 189 Å². The van der Waals surface area contributed by atoms with E-state index in [1.165, 1.54) is 0 Å². The smallest absolute Gasteiger partial charge is 0.306 e. The molecule has 32 heavy (non-hydrogen) atoms. The minimum Gasteiger partial charge on any atom is -0.457 e. The summed E-state index contributed by atoms with van der Waals surface area (Å²) in [6.45, 7) is 1.55. The van der Waals surface area contributed by atoms with Crippen molar-refractivity contribution in [2.24, 2.45) is 0 Å². The van der Waals surface area contributed by atoms with Crippen LogP contribution >= 0.6 is 11.3 Å². The highest BCUT2D eigenvalue weighted by Crippen LogP contribution is 2.24. The molecule has 0 radical (unpaired) electrons. The average molecular weight is 447 g/mol. The number of nitrogens with zero attached hydrogens (tertiary/aromatic N) is 1. The maximum Gasteiger partial charge on any atom is 0.306 e. The van der Waals surface area contributed by atoms with Crippen LogP contribution in [0.3, 0.4) is 0 Å². The third-order valence-electron chi connectivity index (χ3n) is 4.66. The van der Waals surface area contributed by atoms with Gasteiger partial charge in [-0.2, -0.15) is 0 Å². The fourth-order valence-electron chi connectivity index (χ4n) is 3.02. The van der Waals surface area contributed by atoms with Crippen molar-refractivity contribution < 1.29 is 19.1 Å². The number of aromatic nitrogens is 1. The van der Waals surface area contributed by atoms with E-state index in [0.717, 1.165) is 21.0 Å². The fraction of sp³-hybridized carbons (Fsp3) is 0.160. The van der Waals surface area contributed by atoms with Crippen LogP contribution in [0, 0.1) is 0 Å². The minimum absolute atomic E-state index is 0.170. The van der Waals surface area contributed by atoms with Crippen LogP contribution in [0.15, 0.2) is 78.9 Å². The van der Waals surface area contributed by atoms with Crippen molar-refractivity contribution in [2.75, 3.05) is 5.32 Å². The highest BCUT2D eigenvalue weighted by Gasteiger charge is 2.18. The van der Waals surface area contributed by atoms with Crippen LogP contribution in [0.4, 0.5) is 5.69 Å². The largest absolute Gasteiger partial charge is 0.457 e. The second kappa shape index (κ2) is 10.1. The maximum atomic E-state index is 12.4. The number of esters is 1. The number of thiazole rings is 1. The average Bonchev–Trinajstić information content (AvgIpc) is 3.23. The molecule has 0 spiro atoms. The molecular weight excluding hydrogens is 424 g/mol. The highest BCUT2D eigenvalue weighted by atomic mass is 32.1. The fourth-order valence-corrected chi connectivity index (χ4v) is 3.99. The Morgan fingerprint density at radius 1 is 0.938 bits per heavy atom. The first-order valence-corrected chi connectivity index (χ1v) is 11.1. The maximum absolute atomic E-state index is 12.4. The molecule has 1 atom stereocenters. The lowest BCUT2D eigenvalue weighted by molar-refractivity contribution is -0.153. The number of hydrogen-bond acceptors (Lipinski definition) is 6. The van der Waals surface area contributed by atoms with E-state index >= 15 is 0 Å². The van der Waals surface area contributed by atoms with Crippen LogP contribution in [-0.2, 0) is 20.7 Å². The molecular formula is C25H22N2O4S. The Balaban J connectivity index is 1.24. The van der Waals surface area contributed by atoms with Crippen LogP contribution in [0.1, 0.15) is 18.4 Å². The molecule has 0 aliphatic carbocycles. The lowest BCUT2D eigenvalue weighted by Gasteiger charge is -2.14. The summed E-state index contributed by atoms with van der Waals surface area (Å²) >= 11 is 1.56. The summed E-state index contributed by atoms with van der Waals surface area (Å²) in [5, 5.41) is 3.62. The number of fused-ring (bicyclic) bond motifs is 1. The number of amides is 1. The van der Waals surface area contributed by atoms with E-state index in [1.807, 2.05) is 54.6 Å². The van der Waals surface area contributed by atoms with Gasteiger partial charge in [0.2, 0.25) is 0 Å². The number of hydrogen-bond donors (Lipinski definition) is 1. The summed E-state index contributed by atoms with van der Waals surface area (Å²) in [4.78, 5) is 29.1. The predicted molar refractivity (Wildman–Crippen MR) is 125 cm³/mol. The van der Waals surface area contributed by atoms with Crippen molar-refractivity contribution >= 4 is 39.1 Å². The van der Waals surface area contributed by atoms with E-state index in [2.05, 4.69) is 10.3 Å². The minimum atomic E-state index is -0.905. The van der Waals surface area contributed by atoms with E-state index in [0.29, 0.717) is 17.9 Å². The van der Waals surface area contributed by atoms with Crippen LogP contribution in [0.25, 0.3) is 10.2 Å². The number of anilines is 1. The normalized spacial score (nSPS) is 11.7. The number of para-hydroxylation sites is 2. The van der Waals surface area contributed by atoms with Crippen molar-refractivity contribution in [2.45, 2.75) is 25.9 Å². The zero-order chi connectivity index (χ0) is 22.3. The van der Waals surface area contributed by atoms with Gasteiger partial charge < -0.3 is 14.8 Å². The van der Waals surface area contributed by atoms with E-state index in [1.54, 1.807) is 42.5 Å². The molecule has 1 heterocycles. The van der Waals surface area contributed by atoms with Crippen LogP contribution in [-0.4, -0.2) is 23.0 Å². The van der Waals surface area contributed by atoms with Gasteiger partial charge in [0.05, 0.1) is 21.6 Å². The molecule has 1 aromatic heterocycles. The first-order chi connectivity index (χ1) is 15.6. The number of ether oxygens (including phenoxy) is 2. The molecule has 0 bridgehead atoms. The number of nitrogens with one attached hydrogen (secondary N) is 1. The van der Waals surface area contributed by atoms with Gasteiger partial charge in [0.15, 0.2) is 6.10 Å². The standard InChI is InChI=1S/C25H22N2O4S/c1-17(30-24(28)16-15-23-27-21-9-5-6-10-22(21)32-23)25(29)26-18-11-13-20(14-12-18)31-19-7-3-2-4-8-19/h2-14,17H,15-16H2,1H3,(H,26,29). The van der Waals surface area contributed by atoms with Crippen LogP contribution < -0.4 is 10.1 Å². The Morgan fingerprint density at radius 2 is 1.62 bits per heavy atom. The lowest BCUT2D eigenvalue weighted by atomic mass is 10.2. The second-order valence-corrected chi connectivity index (χ2v) is 8.25. The third kappa shape index (κ3) is 5.70. The molecule has 6 nitrogen and oxygen atoms in total. The molecule has 1 N–H and O–H groups in total. The van der Waals surface area contributed by atoms with Crippen molar-refractivity contribution in [3.8, 4) is 11.5 Å². The molecule has 3 aromatic carbocycles. The number of aryl methyl sites for hydroxylation is 1. The number of rotatable bonds is 8. The molecule has 0 aliphatic rings. The number of carbonyl (C=O) groups is 2. The Bertz CT molecular complexity index is 1170. The van der Waals surface area contributed by atoms with E-state index in [9.17, 15) is 9.59 Å². The molecule has 1 amide bonds. The summed E-state index contributed by atoms with van der Waals surface area (Å²) in [5.41, 5.74) is 1.52. The predicted octanol–water partition coefficient (Wildman–Crippen LogP) is 5.59. The van der Waals surface area contributed by atoms with Gasteiger partial charge in [-0.1, -0.05) is 30.3 Å². The molecule has 0 aliphatic heterocycles. The molecule has 7 heteroatoms. The molecule has 0 fully saturated rings. The molecule has 0 saturated heterocycles. The van der Waals surface area contributed by atoms with Crippen LogP contribution in [0.5, 0.6) is 11.5 Å². The monoisotopic (exact) mass is 446 g/mol. The van der Waals surface area contributed by atoms with Gasteiger partial charge in [0.1, 0.15) is 11.5 Å². The highest BCUT2D eigenvalue weighted by molar-refractivity contribution is 7.18. The summed E-state index contributed by atoms with van der Waals surface area (Å²) in [5.74, 6) is 0.563. The van der Waals surface area contributed by atoms with Gasteiger partial charge >= 0.3 is 5.97 Å². The Morgan fingerprint density at radius 3 is 2.38 bits per heavy atom. The number of benzene rings is 3. The zero-order valence-corrected chi connectivity index (χ0v) is 18.3. The second-order valence-electron chi connectivity index (χ2n) is 7.14. The van der Waals surface area contributed by atoms with Gasteiger partial charge in [-0.05, 0) is 55.5 Å². The molecule has 4 rings (SSSR count). The first-order valence-electron chi connectivity index (χ1n) is 10.2. The molecule has 0 saturated carbocycles. The van der Waals surface area contributed by atoms with Crippen molar-refractivity contribution in [1.82, 2.24) is 4.98 Å². The van der Waals surface area contributed by atoms with Gasteiger partial charge in [-0.15, -0.1) is 11.3 Å². The van der Waals surface area contributed by atoms with Gasteiger partial charge in [0, 0.05) is 12.1 Å². The zero-order valence-electron chi connectivity index (χ0n) is 17.5. The summed E-state index contributed by atoms with van der Waals surface area (Å²) in [6, 6.07) is 24.3. The van der Waals surface area contributed by atoms with Crippen molar-refractivity contribution in [3.05, 3.63) is 83.9 Å². The summed E-state index contributed by atoms with van der Waals surface area (Å²) in [7, 11) is 0. The Hall–Kier alpha value is -3.71. The Kier molecular flexibility index (Phi) is 6.77. The number of carbonyl (C=O) groups excluding carboxylic acids is 2. The SMILES string of the molecule is CC(OC(=O)CCc1nc2ccccc2s1)C(=O)Nc1ccc(Oc2ccccc2)cc1. The third-order valence-corrected chi connectivity index (χ3v) is 5.76. The van der Waals surface area contributed by atoms with Gasteiger partial charge in [-0.3, -0.25) is 9.59 Å². The first kappa shape index (κ1) is 21.5. The molecule has 1 unspecified atom stereocenters. The van der Waals surface area contributed by atoms with E-state index < -0.39 is 18.0 Å². The van der Waals surface area contributed by atoms with Crippen molar-refractivity contribution in [3.63, 3.8) is 0 Å². The van der Waals surface area contributed by atoms with E-state index in [-0.39, 0.29) is 6.42 Å². The topological polar surface area (TPSA) is 77.5 Å². The van der Waals surface area contributed by atoms with Crippen LogP contribution in [0.2, 0.25) is 0 Å². The summed E-state index contributed by atoms with van der Waals surface area (Å²) in [6.07, 6.45) is -0.253.